The van der Waals surface area contributed by atoms with Crippen molar-refractivity contribution in [3.63, 3.8) is 0 Å². The minimum absolute atomic E-state index is 0.755. The zero-order valence-electron chi connectivity index (χ0n) is 7.97. The molecule has 0 spiro atoms. The number of hydrogen-bond acceptors (Lipinski definition) is 2. The number of nitrogens with one attached hydrogen (secondary N) is 1. The fourth-order valence-corrected chi connectivity index (χ4v) is 2.62. The minimum Gasteiger partial charge on any atom is -0.359 e. The Morgan fingerprint density at radius 1 is 1.58 bits per heavy atom. The Bertz CT molecular complexity index is 159. The van der Waals surface area contributed by atoms with Crippen LogP contribution in [0, 0.1) is 5.41 Å². The molecule has 0 aromatic rings. The normalized spacial score (nSPS) is 24.2. The Balaban J connectivity index is 2.40. The minimum atomic E-state index is 0.755. The molecule has 1 N–H and O–H groups in total. The molecule has 0 saturated carbocycles. The van der Waals surface area contributed by atoms with Crippen molar-refractivity contribution in [3.8, 4) is 0 Å². The molecular weight excluding hydrogens is 168 g/mol. The number of rotatable bonds is 2. The van der Waals surface area contributed by atoms with Gasteiger partial charge in [0.05, 0.1) is 5.84 Å². The van der Waals surface area contributed by atoms with Crippen LogP contribution >= 0.6 is 11.8 Å². The van der Waals surface area contributed by atoms with Gasteiger partial charge in [0.1, 0.15) is 0 Å². The van der Waals surface area contributed by atoms with E-state index in [1.807, 2.05) is 0 Å². The molecule has 1 atom stereocenters. The van der Waals surface area contributed by atoms with E-state index in [1.165, 1.54) is 12.2 Å². The summed E-state index contributed by atoms with van der Waals surface area (Å²) in [6.45, 7) is 6.46. The Labute approximate surface area is 79.2 Å². The van der Waals surface area contributed by atoms with E-state index < -0.39 is 0 Å². The monoisotopic (exact) mass is 186 g/mol. The molecule has 0 aliphatic carbocycles. The fourth-order valence-electron chi connectivity index (χ4n) is 1.44. The van der Waals surface area contributed by atoms with Gasteiger partial charge in [-0.1, -0.05) is 13.8 Å². The van der Waals surface area contributed by atoms with Gasteiger partial charge >= 0.3 is 0 Å². The molecule has 3 heteroatoms. The maximum Gasteiger partial charge on any atom is 0.0955 e. The van der Waals surface area contributed by atoms with Gasteiger partial charge in [0.25, 0.3) is 0 Å². The van der Waals surface area contributed by atoms with Crippen LogP contribution in [0.2, 0.25) is 0 Å². The van der Waals surface area contributed by atoms with Crippen LogP contribution in [0.25, 0.3) is 0 Å². The summed E-state index contributed by atoms with van der Waals surface area (Å²) in [4.78, 5) is 2.23. The van der Waals surface area contributed by atoms with Crippen molar-refractivity contribution >= 4 is 17.6 Å². The lowest BCUT2D eigenvalue weighted by molar-refractivity contribution is 0.414. The van der Waals surface area contributed by atoms with Gasteiger partial charge in [-0.2, -0.15) is 11.8 Å². The summed E-state index contributed by atoms with van der Waals surface area (Å²) < 4.78 is 0. The molecule has 70 valence electrons. The van der Waals surface area contributed by atoms with E-state index in [1.54, 1.807) is 0 Å². The SMILES string of the molecule is CCC(=N)N1CCSC(CC)C1. The van der Waals surface area contributed by atoms with Crippen LogP contribution in [0.4, 0.5) is 0 Å². The molecule has 1 saturated heterocycles. The molecule has 0 amide bonds. The zero-order chi connectivity index (χ0) is 8.97. The highest BCUT2D eigenvalue weighted by molar-refractivity contribution is 8.00. The molecule has 2 nitrogen and oxygen atoms in total. The van der Waals surface area contributed by atoms with Crippen LogP contribution in [-0.4, -0.2) is 34.8 Å². The summed E-state index contributed by atoms with van der Waals surface area (Å²) in [6, 6.07) is 0. The second-order valence-electron chi connectivity index (χ2n) is 3.15. The number of hydrogen-bond donors (Lipinski definition) is 1. The van der Waals surface area contributed by atoms with Crippen LogP contribution in [-0.2, 0) is 0 Å². The van der Waals surface area contributed by atoms with Crippen LogP contribution in [0.1, 0.15) is 26.7 Å². The van der Waals surface area contributed by atoms with Crippen molar-refractivity contribution in [2.24, 2.45) is 0 Å². The van der Waals surface area contributed by atoms with E-state index in [0.29, 0.717) is 0 Å². The van der Waals surface area contributed by atoms with Crippen molar-refractivity contribution in [3.05, 3.63) is 0 Å². The second kappa shape index (κ2) is 4.75. The predicted octanol–water partition coefficient (Wildman–Crippen LogP) is 2.20. The zero-order valence-corrected chi connectivity index (χ0v) is 8.78. The van der Waals surface area contributed by atoms with E-state index in [0.717, 1.165) is 30.6 Å². The third-order valence-corrected chi connectivity index (χ3v) is 3.68. The smallest absolute Gasteiger partial charge is 0.0955 e. The summed E-state index contributed by atoms with van der Waals surface area (Å²) in [6.07, 6.45) is 2.11. The van der Waals surface area contributed by atoms with Gasteiger partial charge < -0.3 is 4.90 Å². The summed E-state index contributed by atoms with van der Waals surface area (Å²) in [5, 5.41) is 8.47. The van der Waals surface area contributed by atoms with Crippen molar-refractivity contribution in [1.82, 2.24) is 4.90 Å². The Morgan fingerprint density at radius 2 is 2.33 bits per heavy atom. The van der Waals surface area contributed by atoms with Gasteiger partial charge in [-0.05, 0) is 6.42 Å². The molecule has 1 aliphatic rings. The third-order valence-electron chi connectivity index (χ3n) is 2.31. The molecule has 1 rings (SSSR count). The molecule has 1 aliphatic heterocycles. The summed E-state index contributed by atoms with van der Waals surface area (Å²) in [5.74, 6) is 2.01. The predicted molar refractivity (Wildman–Crippen MR) is 56.1 cm³/mol. The van der Waals surface area contributed by atoms with Crippen LogP contribution in [0.3, 0.4) is 0 Å². The van der Waals surface area contributed by atoms with E-state index in [-0.39, 0.29) is 0 Å². The molecule has 0 aromatic carbocycles. The van der Waals surface area contributed by atoms with E-state index in [2.05, 4.69) is 30.5 Å². The van der Waals surface area contributed by atoms with Gasteiger partial charge in [0.2, 0.25) is 0 Å². The van der Waals surface area contributed by atoms with Gasteiger partial charge in [0.15, 0.2) is 0 Å². The van der Waals surface area contributed by atoms with Gasteiger partial charge in [-0.25, -0.2) is 0 Å². The lowest BCUT2D eigenvalue weighted by Crippen LogP contribution is -2.41. The molecule has 1 unspecified atom stereocenters. The summed E-state index contributed by atoms with van der Waals surface area (Å²) in [7, 11) is 0. The summed E-state index contributed by atoms with van der Waals surface area (Å²) in [5.41, 5.74) is 0. The average Bonchev–Trinajstić information content (AvgIpc) is 2.17. The first-order chi connectivity index (χ1) is 5.77. The van der Waals surface area contributed by atoms with Crippen molar-refractivity contribution in [2.45, 2.75) is 31.9 Å². The van der Waals surface area contributed by atoms with E-state index >= 15 is 0 Å². The maximum absolute atomic E-state index is 7.71. The quantitative estimate of drug-likeness (QED) is 0.529. The van der Waals surface area contributed by atoms with Gasteiger partial charge in [-0.3, -0.25) is 5.41 Å². The van der Waals surface area contributed by atoms with Crippen LogP contribution in [0.15, 0.2) is 0 Å². The summed E-state index contributed by atoms with van der Waals surface area (Å²) >= 11 is 2.06. The van der Waals surface area contributed by atoms with Crippen molar-refractivity contribution in [1.29, 1.82) is 5.41 Å². The maximum atomic E-state index is 7.71. The number of nitrogens with zero attached hydrogens (tertiary/aromatic N) is 1. The fraction of sp³-hybridized carbons (Fsp3) is 0.889. The molecular formula is C9H18N2S. The van der Waals surface area contributed by atoms with Crippen LogP contribution < -0.4 is 0 Å². The molecule has 1 heterocycles. The third kappa shape index (κ3) is 2.41. The van der Waals surface area contributed by atoms with Gasteiger partial charge in [0, 0.05) is 30.5 Å². The molecule has 0 bridgehead atoms. The van der Waals surface area contributed by atoms with Gasteiger partial charge in [-0.15, -0.1) is 0 Å². The van der Waals surface area contributed by atoms with Crippen LogP contribution in [0.5, 0.6) is 0 Å². The van der Waals surface area contributed by atoms with E-state index in [4.69, 9.17) is 5.41 Å². The second-order valence-corrected chi connectivity index (χ2v) is 4.56. The van der Waals surface area contributed by atoms with Crippen molar-refractivity contribution < 1.29 is 0 Å². The topological polar surface area (TPSA) is 27.1 Å². The lowest BCUT2D eigenvalue weighted by Gasteiger charge is -2.33. The lowest BCUT2D eigenvalue weighted by atomic mass is 10.2. The standard InChI is InChI=1S/C9H18N2S/c1-3-8-7-11(5-6-12-8)9(10)4-2/h8,10H,3-7H2,1-2H3. The first-order valence-corrected chi connectivity index (χ1v) is 5.76. The first-order valence-electron chi connectivity index (χ1n) is 4.71. The average molecular weight is 186 g/mol. The highest BCUT2D eigenvalue weighted by atomic mass is 32.2. The molecule has 0 radical (unpaired) electrons. The molecule has 0 aromatic heterocycles. The Hall–Kier alpha value is -0.180. The van der Waals surface area contributed by atoms with E-state index in [9.17, 15) is 0 Å². The number of amidine groups is 1. The van der Waals surface area contributed by atoms with Crippen molar-refractivity contribution in [2.75, 3.05) is 18.8 Å². The largest absolute Gasteiger partial charge is 0.359 e. The Kier molecular flexibility index (Phi) is 3.92. The molecule has 12 heavy (non-hydrogen) atoms. The highest BCUT2D eigenvalue weighted by Gasteiger charge is 2.19. The number of thioether (sulfide) groups is 1. The first kappa shape index (κ1) is 9.90. The Morgan fingerprint density at radius 3 is 2.92 bits per heavy atom. The highest BCUT2D eigenvalue weighted by Crippen LogP contribution is 2.21. The molecule has 1 fully saturated rings.